The van der Waals surface area contributed by atoms with Gasteiger partial charge in [0.2, 0.25) is 0 Å². The fraction of sp³-hybridized carbons (Fsp3) is 0.800. The second-order valence-electron chi connectivity index (χ2n) is 3.83. The van der Waals surface area contributed by atoms with Gasteiger partial charge in [0.05, 0.1) is 0 Å². The molecule has 1 aliphatic carbocycles. The Hall–Kier alpha value is -0.340. The van der Waals surface area contributed by atoms with E-state index in [9.17, 15) is 0 Å². The van der Waals surface area contributed by atoms with Crippen molar-refractivity contribution in [2.75, 3.05) is 13.1 Å². The van der Waals surface area contributed by atoms with Crippen LogP contribution in [0.15, 0.2) is 12.2 Å². The lowest BCUT2D eigenvalue weighted by Gasteiger charge is -2.26. The summed E-state index contributed by atoms with van der Waals surface area (Å²) < 4.78 is 0. The van der Waals surface area contributed by atoms with Crippen LogP contribution in [0, 0.1) is 0 Å². The zero-order valence-electron chi connectivity index (χ0n) is 7.55. The molecule has 2 nitrogen and oxygen atoms in total. The lowest BCUT2D eigenvalue weighted by molar-refractivity contribution is 0.352. The first-order valence-electron chi connectivity index (χ1n) is 5.07. The third kappa shape index (κ3) is 2.08. The van der Waals surface area contributed by atoms with Crippen molar-refractivity contribution in [1.82, 2.24) is 10.6 Å². The van der Waals surface area contributed by atoms with E-state index in [-0.39, 0.29) is 0 Å². The normalized spacial score (nSPS) is 26.7. The van der Waals surface area contributed by atoms with Gasteiger partial charge in [-0.05, 0) is 38.8 Å². The summed E-state index contributed by atoms with van der Waals surface area (Å²) in [6.07, 6.45) is 9.67. The molecule has 2 N–H and O–H groups in total. The maximum atomic E-state index is 3.72. The molecule has 1 fully saturated rings. The summed E-state index contributed by atoms with van der Waals surface area (Å²) >= 11 is 0. The van der Waals surface area contributed by atoms with E-state index in [4.69, 9.17) is 0 Å². The van der Waals surface area contributed by atoms with Gasteiger partial charge in [-0.15, -0.1) is 0 Å². The molecular formula is C10H18N2. The standard InChI is InChI=1S/C10H18N2/c1-2-4-9(3-1)12-10-5-7-11-8-6-10/h1-2,9-12H,3-8H2. The van der Waals surface area contributed by atoms with Crippen LogP contribution in [0.4, 0.5) is 0 Å². The summed E-state index contributed by atoms with van der Waals surface area (Å²) in [5, 5.41) is 7.10. The highest BCUT2D eigenvalue weighted by atomic mass is 15.0. The number of nitrogens with one attached hydrogen (secondary N) is 2. The molecule has 0 unspecified atom stereocenters. The first-order chi connectivity index (χ1) is 5.95. The molecule has 2 heteroatoms. The van der Waals surface area contributed by atoms with Gasteiger partial charge < -0.3 is 10.6 Å². The molecule has 2 rings (SSSR count). The lowest BCUT2D eigenvalue weighted by Crippen LogP contribution is -2.43. The minimum absolute atomic E-state index is 0.744. The quantitative estimate of drug-likeness (QED) is 0.599. The predicted octanol–water partition coefficient (Wildman–Crippen LogP) is 1.05. The van der Waals surface area contributed by atoms with Gasteiger partial charge in [-0.1, -0.05) is 12.2 Å². The van der Waals surface area contributed by atoms with E-state index in [0.717, 1.165) is 12.1 Å². The molecule has 0 radical (unpaired) electrons. The molecule has 12 heavy (non-hydrogen) atoms. The van der Waals surface area contributed by atoms with Crippen molar-refractivity contribution < 1.29 is 0 Å². The van der Waals surface area contributed by atoms with Crippen LogP contribution in [0.2, 0.25) is 0 Å². The van der Waals surface area contributed by atoms with Crippen molar-refractivity contribution in [3.05, 3.63) is 12.2 Å². The van der Waals surface area contributed by atoms with Gasteiger partial charge in [-0.2, -0.15) is 0 Å². The average Bonchev–Trinajstić information content (AvgIpc) is 2.59. The molecule has 0 saturated carbocycles. The van der Waals surface area contributed by atoms with Crippen molar-refractivity contribution in [2.24, 2.45) is 0 Å². The lowest BCUT2D eigenvalue weighted by atomic mass is 10.0. The number of piperidine rings is 1. The predicted molar refractivity (Wildman–Crippen MR) is 51.2 cm³/mol. The average molecular weight is 166 g/mol. The molecule has 0 aromatic carbocycles. The van der Waals surface area contributed by atoms with Crippen LogP contribution in [-0.4, -0.2) is 25.2 Å². The Morgan fingerprint density at radius 1 is 1.00 bits per heavy atom. The Morgan fingerprint density at radius 3 is 2.33 bits per heavy atom. The van der Waals surface area contributed by atoms with E-state index >= 15 is 0 Å². The monoisotopic (exact) mass is 166 g/mol. The molecular weight excluding hydrogens is 148 g/mol. The van der Waals surface area contributed by atoms with Crippen molar-refractivity contribution in [3.8, 4) is 0 Å². The fourth-order valence-electron chi connectivity index (χ4n) is 2.08. The summed E-state index contributed by atoms with van der Waals surface area (Å²) in [5.41, 5.74) is 0. The van der Waals surface area contributed by atoms with E-state index in [1.54, 1.807) is 0 Å². The van der Waals surface area contributed by atoms with E-state index in [1.807, 2.05) is 0 Å². The molecule has 1 aliphatic heterocycles. The van der Waals surface area contributed by atoms with Crippen molar-refractivity contribution in [3.63, 3.8) is 0 Å². The summed E-state index contributed by atoms with van der Waals surface area (Å²) in [7, 11) is 0. The molecule has 68 valence electrons. The molecule has 1 saturated heterocycles. The summed E-state index contributed by atoms with van der Waals surface area (Å²) in [6.45, 7) is 2.38. The Labute approximate surface area is 74.4 Å². The minimum atomic E-state index is 0.744. The second-order valence-corrected chi connectivity index (χ2v) is 3.83. The third-order valence-corrected chi connectivity index (χ3v) is 2.82. The smallest absolute Gasteiger partial charge is 0.0139 e. The minimum Gasteiger partial charge on any atom is -0.317 e. The van der Waals surface area contributed by atoms with E-state index in [2.05, 4.69) is 22.8 Å². The Bertz CT molecular complexity index is 151. The van der Waals surface area contributed by atoms with E-state index in [0.29, 0.717) is 0 Å². The fourth-order valence-corrected chi connectivity index (χ4v) is 2.08. The van der Waals surface area contributed by atoms with Crippen molar-refractivity contribution in [2.45, 2.75) is 37.8 Å². The van der Waals surface area contributed by atoms with Crippen LogP contribution < -0.4 is 10.6 Å². The van der Waals surface area contributed by atoms with Gasteiger partial charge >= 0.3 is 0 Å². The highest BCUT2D eigenvalue weighted by molar-refractivity contribution is 4.98. The van der Waals surface area contributed by atoms with Gasteiger partial charge in [-0.3, -0.25) is 0 Å². The van der Waals surface area contributed by atoms with Crippen molar-refractivity contribution in [1.29, 1.82) is 0 Å². The summed E-state index contributed by atoms with van der Waals surface area (Å²) in [4.78, 5) is 0. The summed E-state index contributed by atoms with van der Waals surface area (Å²) in [5.74, 6) is 0. The van der Waals surface area contributed by atoms with Crippen LogP contribution in [-0.2, 0) is 0 Å². The Balaban J connectivity index is 1.70. The first-order valence-corrected chi connectivity index (χ1v) is 5.07. The zero-order valence-corrected chi connectivity index (χ0v) is 7.55. The number of hydrogen-bond donors (Lipinski definition) is 2. The van der Waals surface area contributed by atoms with Gasteiger partial charge in [0.1, 0.15) is 0 Å². The van der Waals surface area contributed by atoms with Gasteiger partial charge in [0, 0.05) is 12.1 Å². The molecule has 2 aliphatic rings. The molecule has 0 aromatic rings. The topological polar surface area (TPSA) is 24.1 Å². The molecule has 0 amide bonds. The molecule has 1 heterocycles. The largest absolute Gasteiger partial charge is 0.317 e. The summed E-state index contributed by atoms with van der Waals surface area (Å²) in [6, 6.07) is 1.52. The second kappa shape index (κ2) is 4.06. The molecule has 0 bridgehead atoms. The van der Waals surface area contributed by atoms with Gasteiger partial charge in [-0.25, -0.2) is 0 Å². The highest BCUT2D eigenvalue weighted by Gasteiger charge is 2.17. The molecule has 0 aromatic heterocycles. The van der Waals surface area contributed by atoms with Crippen LogP contribution in [0.5, 0.6) is 0 Å². The highest BCUT2D eigenvalue weighted by Crippen LogP contribution is 2.12. The van der Waals surface area contributed by atoms with Crippen LogP contribution >= 0.6 is 0 Å². The van der Waals surface area contributed by atoms with Gasteiger partial charge in [0.25, 0.3) is 0 Å². The maximum absolute atomic E-state index is 3.72. The molecule has 0 spiro atoms. The van der Waals surface area contributed by atoms with Crippen LogP contribution in [0.25, 0.3) is 0 Å². The SMILES string of the molecule is C1=CCC(NC2CCNCC2)C1. The number of hydrogen-bond acceptors (Lipinski definition) is 2. The van der Waals surface area contributed by atoms with E-state index in [1.165, 1.54) is 38.8 Å². The van der Waals surface area contributed by atoms with E-state index < -0.39 is 0 Å². The third-order valence-electron chi connectivity index (χ3n) is 2.82. The Kier molecular flexibility index (Phi) is 2.79. The van der Waals surface area contributed by atoms with Gasteiger partial charge in [0.15, 0.2) is 0 Å². The van der Waals surface area contributed by atoms with Crippen LogP contribution in [0.1, 0.15) is 25.7 Å². The first kappa shape index (κ1) is 8.27. The van der Waals surface area contributed by atoms with Crippen molar-refractivity contribution >= 4 is 0 Å². The number of rotatable bonds is 2. The maximum Gasteiger partial charge on any atom is 0.0139 e. The molecule has 0 atom stereocenters. The zero-order chi connectivity index (χ0) is 8.23. The Morgan fingerprint density at radius 2 is 1.67 bits per heavy atom. The van der Waals surface area contributed by atoms with Crippen LogP contribution in [0.3, 0.4) is 0 Å².